The summed E-state index contributed by atoms with van der Waals surface area (Å²) < 4.78 is 5.37. The summed E-state index contributed by atoms with van der Waals surface area (Å²) in [5.41, 5.74) is 7.86. The third-order valence-corrected chi connectivity index (χ3v) is 7.02. The van der Waals surface area contributed by atoms with Crippen molar-refractivity contribution in [1.29, 1.82) is 0 Å². The summed E-state index contributed by atoms with van der Waals surface area (Å²) in [6.07, 6.45) is 9.81. The maximum absolute atomic E-state index is 5.89. The Morgan fingerprint density at radius 2 is 1.59 bits per heavy atom. The van der Waals surface area contributed by atoms with Gasteiger partial charge in [0.2, 0.25) is 0 Å². The second-order valence-electron chi connectivity index (χ2n) is 7.97. The standard InChI is InChI=1S/C20H29NO/c1-22-19-5-3-16(4-6-19)20(7-2-8-21)17-10-14-9-15(12-17)13-18(20)11-14/h3-6,14-15,17-18H,2,7-13,21H2,1H3. The first kappa shape index (κ1) is 14.6. The molecular weight excluding hydrogens is 270 g/mol. The van der Waals surface area contributed by atoms with Gasteiger partial charge >= 0.3 is 0 Å². The highest BCUT2D eigenvalue weighted by atomic mass is 16.5. The summed E-state index contributed by atoms with van der Waals surface area (Å²) >= 11 is 0. The summed E-state index contributed by atoms with van der Waals surface area (Å²) in [6, 6.07) is 9.00. The Balaban J connectivity index is 1.73. The molecule has 0 unspecified atom stereocenters. The molecule has 5 rings (SSSR count). The van der Waals surface area contributed by atoms with Gasteiger partial charge in [0.15, 0.2) is 0 Å². The Kier molecular flexibility index (Phi) is 3.68. The molecule has 0 spiro atoms. The lowest BCUT2D eigenvalue weighted by atomic mass is 9.43. The van der Waals surface area contributed by atoms with Crippen LogP contribution in [0.2, 0.25) is 0 Å². The molecule has 4 bridgehead atoms. The van der Waals surface area contributed by atoms with Crippen LogP contribution in [0.1, 0.15) is 50.5 Å². The van der Waals surface area contributed by atoms with Crippen LogP contribution in [-0.2, 0) is 5.41 Å². The fourth-order valence-corrected chi connectivity index (χ4v) is 6.35. The smallest absolute Gasteiger partial charge is 0.118 e. The first-order chi connectivity index (χ1) is 10.8. The number of benzene rings is 1. The molecule has 2 nitrogen and oxygen atoms in total. The SMILES string of the molecule is COc1ccc(C2(CCCN)C3CC4CC(C3)CC2C4)cc1. The number of methoxy groups -OCH3 is 1. The molecule has 22 heavy (non-hydrogen) atoms. The lowest BCUT2D eigenvalue weighted by Crippen LogP contribution is -2.55. The van der Waals surface area contributed by atoms with Crippen molar-refractivity contribution in [2.45, 2.75) is 50.4 Å². The highest BCUT2D eigenvalue weighted by molar-refractivity contribution is 5.35. The van der Waals surface area contributed by atoms with Gasteiger partial charge in [0.25, 0.3) is 0 Å². The fourth-order valence-electron chi connectivity index (χ4n) is 6.35. The largest absolute Gasteiger partial charge is 0.497 e. The molecule has 0 amide bonds. The molecule has 4 fully saturated rings. The topological polar surface area (TPSA) is 35.2 Å². The van der Waals surface area contributed by atoms with Crippen LogP contribution in [0.4, 0.5) is 0 Å². The number of ether oxygens (including phenoxy) is 1. The predicted octanol–water partition coefficient (Wildman–Crippen LogP) is 4.13. The summed E-state index contributed by atoms with van der Waals surface area (Å²) in [6.45, 7) is 0.824. The van der Waals surface area contributed by atoms with Gasteiger partial charge in [-0.1, -0.05) is 12.1 Å². The van der Waals surface area contributed by atoms with E-state index in [-0.39, 0.29) is 0 Å². The van der Waals surface area contributed by atoms with Gasteiger partial charge in [-0.3, -0.25) is 0 Å². The third kappa shape index (κ3) is 2.11. The minimum absolute atomic E-state index is 0.402. The zero-order valence-electron chi connectivity index (χ0n) is 13.8. The van der Waals surface area contributed by atoms with E-state index in [2.05, 4.69) is 24.3 Å². The first-order valence-corrected chi connectivity index (χ1v) is 9.11. The monoisotopic (exact) mass is 299 g/mol. The van der Waals surface area contributed by atoms with Crippen molar-refractivity contribution in [3.63, 3.8) is 0 Å². The van der Waals surface area contributed by atoms with E-state index < -0.39 is 0 Å². The van der Waals surface area contributed by atoms with Crippen LogP contribution >= 0.6 is 0 Å². The van der Waals surface area contributed by atoms with Crippen molar-refractivity contribution in [3.8, 4) is 5.75 Å². The van der Waals surface area contributed by atoms with Crippen molar-refractivity contribution in [1.82, 2.24) is 0 Å². The zero-order valence-corrected chi connectivity index (χ0v) is 13.8. The van der Waals surface area contributed by atoms with E-state index in [0.29, 0.717) is 5.41 Å². The number of nitrogens with two attached hydrogens (primary N) is 1. The summed E-state index contributed by atoms with van der Waals surface area (Å²) in [7, 11) is 1.75. The zero-order chi connectivity index (χ0) is 15.2. The normalized spacial score (nSPS) is 39.2. The van der Waals surface area contributed by atoms with E-state index >= 15 is 0 Å². The summed E-state index contributed by atoms with van der Waals surface area (Å²) in [4.78, 5) is 0. The van der Waals surface area contributed by atoms with E-state index in [4.69, 9.17) is 10.5 Å². The van der Waals surface area contributed by atoms with Crippen molar-refractivity contribution in [2.24, 2.45) is 29.4 Å². The van der Waals surface area contributed by atoms with Crippen LogP contribution < -0.4 is 10.5 Å². The molecule has 0 aromatic heterocycles. The van der Waals surface area contributed by atoms with Crippen LogP contribution in [0, 0.1) is 23.7 Å². The molecule has 1 aromatic rings. The minimum Gasteiger partial charge on any atom is -0.497 e. The van der Waals surface area contributed by atoms with E-state index in [0.717, 1.165) is 42.4 Å². The number of hydrogen-bond acceptors (Lipinski definition) is 2. The Morgan fingerprint density at radius 3 is 2.09 bits per heavy atom. The molecule has 0 aliphatic heterocycles. The van der Waals surface area contributed by atoms with E-state index in [9.17, 15) is 0 Å². The lowest BCUT2D eigenvalue weighted by Gasteiger charge is -2.62. The van der Waals surface area contributed by atoms with Crippen LogP contribution in [0.3, 0.4) is 0 Å². The van der Waals surface area contributed by atoms with Gasteiger partial charge in [0, 0.05) is 5.41 Å². The van der Waals surface area contributed by atoms with Gasteiger partial charge in [-0.25, -0.2) is 0 Å². The second-order valence-corrected chi connectivity index (χ2v) is 7.97. The minimum atomic E-state index is 0.402. The Hall–Kier alpha value is -1.02. The molecule has 4 aliphatic rings. The molecule has 4 saturated carbocycles. The van der Waals surface area contributed by atoms with Crippen LogP contribution in [0.25, 0.3) is 0 Å². The van der Waals surface area contributed by atoms with Crippen LogP contribution in [-0.4, -0.2) is 13.7 Å². The Labute approximate surface area is 134 Å². The molecule has 0 saturated heterocycles. The molecule has 0 radical (unpaired) electrons. The highest BCUT2D eigenvalue weighted by Gasteiger charge is 2.57. The van der Waals surface area contributed by atoms with Crippen LogP contribution in [0.15, 0.2) is 24.3 Å². The van der Waals surface area contributed by atoms with E-state index in [1.54, 1.807) is 12.7 Å². The lowest BCUT2D eigenvalue weighted by molar-refractivity contribution is -0.0655. The van der Waals surface area contributed by atoms with Gasteiger partial charge in [-0.2, -0.15) is 0 Å². The molecular formula is C20H29NO. The molecule has 4 aliphatic carbocycles. The Morgan fingerprint density at radius 1 is 1.00 bits per heavy atom. The maximum Gasteiger partial charge on any atom is 0.118 e. The van der Waals surface area contributed by atoms with E-state index in [1.165, 1.54) is 38.5 Å². The van der Waals surface area contributed by atoms with Gasteiger partial charge in [-0.15, -0.1) is 0 Å². The first-order valence-electron chi connectivity index (χ1n) is 9.11. The molecule has 120 valence electrons. The molecule has 1 aromatic carbocycles. The third-order valence-electron chi connectivity index (χ3n) is 7.02. The molecule has 0 heterocycles. The van der Waals surface area contributed by atoms with Gasteiger partial charge < -0.3 is 10.5 Å². The fraction of sp³-hybridized carbons (Fsp3) is 0.700. The summed E-state index contributed by atoms with van der Waals surface area (Å²) in [5.74, 6) is 4.80. The number of hydrogen-bond donors (Lipinski definition) is 1. The molecule has 2 N–H and O–H groups in total. The van der Waals surface area contributed by atoms with Crippen molar-refractivity contribution >= 4 is 0 Å². The van der Waals surface area contributed by atoms with Gasteiger partial charge in [-0.05, 0) is 92.9 Å². The summed E-state index contributed by atoms with van der Waals surface area (Å²) in [5, 5.41) is 0. The average molecular weight is 299 g/mol. The predicted molar refractivity (Wildman–Crippen MR) is 90.0 cm³/mol. The van der Waals surface area contributed by atoms with Crippen molar-refractivity contribution in [2.75, 3.05) is 13.7 Å². The Bertz CT molecular complexity index is 493. The second kappa shape index (κ2) is 5.56. The van der Waals surface area contributed by atoms with Gasteiger partial charge in [0.1, 0.15) is 5.75 Å². The quantitative estimate of drug-likeness (QED) is 0.887. The van der Waals surface area contributed by atoms with Gasteiger partial charge in [0.05, 0.1) is 7.11 Å². The van der Waals surface area contributed by atoms with Crippen LogP contribution in [0.5, 0.6) is 5.75 Å². The maximum atomic E-state index is 5.89. The van der Waals surface area contributed by atoms with E-state index in [1.807, 2.05) is 0 Å². The molecule has 2 heteroatoms. The van der Waals surface area contributed by atoms with Crippen molar-refractivity contribution in [3.05, 3.63) is 29.8 Å². The average Bonchev–Trinajstić information content (AvgIpc) is 2.54. The van der Waals surface area contributed by atoms with Crippen molar-refractivity contribution < 1.29 is 4.74 Å². The number of rotatable bonds is 5. The highest BCUT2D eigenvalue weighted by Crippen LogP contribution is 2.64. The molecule has 0 atom stereocenters.